The van der Waals surface area contributed by atoms with Crippen LogP contribution in [0.15, 0.2) is 24.3 Å². The van der Waals surface area contributed by atoms with E-state index in [2.05, 4.69) is 24.3 Å². The van der Waals surface area contributed by atoms with Crippen LogP contribution in [0.25, 0.3) is 0 Å². The molecule has 0 aliphatic heterocycles. The lowest BCUT2D eigenvalue weighted by molar-refractivity contribution is 0.161. The van der Waals surface area contributed by atoms with Crippen LogP contribution in [-0.2, 0) is 12.8 Å². The molecule has 0 amide bonds. The van der Waals surface area contributed by atoms with Crippen molar-refractivity contribution in [2.24, 2.45) is 0 Å². The van der Waals surface area contributed by atoms with E-state index in [0.717, 1.165) is 12.8 Å². The quantitative estimate of drug-likeness (QED) is 0.706. The SMILES string of the molecule is OC1CCCCCCCc2ccc(cc2)C1. The Bertz CT molecular complexity index is 302. The monoisotopic (exact) mass is 218 g/mol. The van der Waals surface area contributed by atoms with Crippen LogP contribution in [0.2, 0.25) is 0 Å². The molecule has 1 unspecified atom stereocenters. The van der Waals surface area contributed by atoms with E-state index in [0.29, 0.717) is 0 Å². The lowest BCUT2D eigenvalue weighted by Crippen LogP contribution is -2.10. The minimum atomic E-state index is -0.147. The van der Waals surface area contributed by atoms with E-state index < -0.39 is 0 Å². The van der Waals surface area contributed by atoms with E-state index in [1.54, 1.807) is 0 Å². The first-order chi connectivity index (χ1) is 7.84. The van der Waals surface area contributed by atoms with E-state index >= 15 is 0 Å². The molecule has 1 aromatic rings. The molecule has 1 atom stereocenters. The van der Waals surface area contributed by atoms with Gasteiger partial charge in [-0.15, -0.1) is 0 Å². The van der Waals surface area contributed by atoms with Gasteiger partial charge in [-0.05, 0) is 36.8 Å². The highest BCUT2D eigenvalue weighted by molar-refractivity contribution is 5.23. The normalized spacial score (nSPS) is 23.2. The smallest absolute Gasteiger partial charge is 0.0580 e. The van der Waals surface area contributed by atoms with Crippen molar-refractivity contribution in [3.63, 3.8) is 0 Å². The van der Waals surface area contributed by atoms with Crippen molar-refractivity contribution in [1.29, 1.82) is 0 Å². The van der Waals surface area contributed by atoms with Gasteiger partial charge in [-0.2, -0.15) is 0 Å². The van der Waals surface area contributed by atoms with Gasteiger partial charge in [-0.25, -0.2) is 0 Å². The van der Waals surface area contributed by atoms with Crippen molar-refractivity contribution >= 4 is 0 Å². The number of aliphatic hydroxyl groups is 1. The fourth-order valence-corrected chi connectivity index (χ4v) is 2.46. The maximum absolute atomic E-state index is 9.89. The summed E-state index contributed by atoms with van der Waals surface area (Å²) in [4.78, 5) is 0. The molecule has 3 rings (SSSR count). The minimum Gasteiger partial charge on any atom is -0.393 e. The van der Waals surface area contributed by atoms with Crippen molar-refractivity contribution in [3.8, 4) is 0 Å². The largest absolute Gasteiger partial charge is 0.393 e. The van der Waals surface area contributed by atoms with Crippen molar-refractivity contribution in [1.82, 2.24) is 0 Å². The Balaban J connectivity index is 2.03. The van der Waals surface area contributed by atoms with Gasteiger partial charge in [0.2, 0.25) is 0 Å². The Morgan fingerprint density at radius 1 is 0.812 bits per heavy atom. The molecule has 0 saturated heterocycles. The van der Waals surface area contributed by atoms with Crippen LogP contribution >= 0.6 is 0 Å². The van der Waals surface area contributed by atoms with E-state index in [-0.39, 0.29) is 6.10 Å². The third-order valence-corrected chi connectivity index (χ3v) is 3.50. The molecule has 16 heavy (non-hydrogen) atoms. The Morgan fingerprint density at radius 3 is 2.25 bits per heavy atom. The van der Waals surface area contributed by atoms with Crippen LogP contribution in [0.4, 0.5) is 0 Å². The maximum atomic E-state index is 9.89. The van der Waals surface area contributed by atoms with E-state index in [9.17, 15) is 5.11 Å². The van der Waals surface area contributed by atoms with Crippen molar-refractivity contribution in [2.45, 2.75) is 57.5 Å². The summed E-state index contributed by atoms with van der Waals surface area (Å²) in [6.45, 7) is 0. The van der Waals surface area contributed by atoms with Gasteiger partial charge < -0.3 is 5.11 Å². The van der Waals surface area contributed by atoms with Crippen LogP contribution < -0.4 is 0 Å². The second-order valence-corrected chi connectivity index (χ2v) is 4.98. The van der Waals surface area contributed by atoms with Crippen LogP contribution in [0.1, 0.15) is 49.7 Å². The molecule has 0 spiro atoms. The molecule has 2 aliphatic carbocycles. The second-order valence-electron chi connectivity index (χ2n) is 4.98. The van der Waals surface area contributed by atoms with Crippen LogP contribution in [-0.4, -0.2) is 11.2 Å². The molecule has 1 N–H and O–H groups in total. The zero-order valence-electron chi connectivity index (χ0n) is 9.99. The average molecular weight is 218 g/mol. The third-order valence-electron chi connectivity index (χ3n) is 3.50. The van der Waals surface area contributed by atoms with Crippen molar-refractivity contribution < 1.29 is 5.11 Å². The van der Waals surface area contributed by atoms with E-state index in [1.165, 1.54) is 49.7 Å². The van der Waals surface area contributed by atoms with Crippen LogP contribution in [0, 0.1) is 0 Å². The summed E-state index contributed by atoms with van der Waals surface area (Å²) < 4.78 is 0. The molecule has 88 valence electrons. The number of fused-ring (bicyclic) bond motifs is 10. The standard InChI is InChI=1S/C15H22O/c16-15-7-5-3-1-2-4-6-13-8-10-14(12-15)11-9-13/h8-11,15-16H,1-7,12H2. The predicted molar refractivity (Wildman–Crippen MR) is 67.6 cm³/mol. The molecule has 1 aromatic carbocycles. The first-order valence-electron chi connectivity index (χ1n) is 6.60. The van der Waals surface area contributed by atoms with Crippen molar-refractivity contribution in [3.05, 3.63) is 35.4 Å². The van der Waals surface area contributed by atoms with Gasteiger partial charge in [0.15, 0.2) is 0 Å². The number of aryl methyl sites for hydroxylation is 1. The third kappa shape index (κ3) is 3.64. The lowest BCUT2D eigenvalue weighted by Gasteiger charge is -2.10. The highest BCUT2D eigenvalue weighted by Crippen LogP contribution is 2.16. The Labute approximate surface area is 98.5 Å². The molecule has 0 heterocycles. The first kappa shape index (κ1) is 11.7. The lowest BCUT2D eigenvalue weighted by atomic mass is 10.0. The minimum absolute atomic E-state index is 0.147. The van der Waals surface area contributed by atoms with E-state index in [4.69, 9.17) is 0 Å². The van der Waals surface area contributed by atoms with E-state index in [1.807, 2.05) is 0 Å². The van der Waals surface area contributed by atoms with Gasteiger partial charge in [0.05, 0.1) is 6.10 Å². The predicted octanol–water partition coefficient (Wildman–Crippen LogP) is 3.49. The average Bonchev–Trinajstić information content (AvgIpc) is 2.32. The molecule has 0 saturated carbocycles. The summed E-state index contributed by atoms with van der Waals surface area (Å²) in [5.41, 5.74) is 2.72. The molecule has 0 radical (unpaired) electrons. The molecular formula is C15H22O. The van der Waals surface area contributed by atoms with Gasteiger partial charge in [-0.1, -0.05) is 49.9 Å². The van der Waals surface area contributed by atoms with Gasteiger partial charge in [0, 0.05) is 0 Å². The molecule has 2 bridgehead atoms. The zero-order valence-corrected chi connectivity index (χ0v) is 9.99. The number of hydrogen-bond donors (Lipinski definition) is 1. The number of rotatable bonds is 0. The summed E-state index contributed by atoms with van der Waals surface area (Å²) in [6.07, 6.45) is 9.27. The summed E-state index contributed by atoms with van der Waals surface area (Å²) in [5, 5.41) is 9.89. The molecule has 2 aliphatic rings. The Kier molecular flexibility index (Phi) is 4.41. The summed E-state index contributed by atoms with van der Waals surface area (Å²) in [7, 11) is 0. The molecular weight excluding hydrogens is 196 g/mol. The van der Waals surface area contributed by atoms with Crippen molar-refractivity contribution in [2.75, 3.05) is 0 Å². The highest BCUT2D eigenvalue weighted by Gasteiger charge is 2.06. The number of aliphatic hydroxyl groups excluding tert-OH is 1. The number of hydrogen-bond acceptors (Lipinski definition) is 1. The Hall–Kier alpha value is -0.820. The fourth-order valence-electron chi connectivity index (χ4n) is 2.46. The van der Waals surface area contributed by atoms with Gasteiger partial charge in [0.1, 0.15) is 0 Å². The summed E-state index contributed by atoms with van der Waals surface area (Å²) >= 11 is 0. The summed E-state index contributed by atoms with van der Waals surface area (Å²) in [6, 6.07) is 8.80. The first-order valence-corrected chi connectivity index (χ1v) is 6.60. The number of benzene rings is 1. The summed E-state index contributed by atoms with van der Waals surface area (Å²) in [5.74, 6) is 0. The second kappa shape index (κ2) is 6.05. The van der Waals surface area contributed by atoms with Gasteiger partial charge >= 0.3 is 0 Å². The fraction of sp³-hybridized carbons (Fsp3) is 0.600. The van der Waals surface area contributed by atoms with Crippen LogP contribution in [0.5, 0.6) is 0 Å². The zero-order chi connectivity index (χ0) is 11.2. The molecule has 0 aromatic heterocycles. The van der Waals surface area contributed by atoms with Gasteiger partial charge in [-0.3, -0.25) is 0 Å². The Morgan fingerprint density at radius 2 is 1.44 bits per heavy atom. The van der Waals surface area contributed by atoms with Gasteiger partial charge in [0.25, 0.3) is 0 Å². The molecule has 0 fully saturated rings. The molecule has 1 nitrogen and oxygen atoms in total. The van der Waals surface area contributed by atoms with Crippen LogP contribution in [0.3, 0.4) is 0 Å². The molecule has 1 heteroatoms. The maximum Gasteiger partial charge on any atom is 0.0580 e. The highest BCUT2D eigenvalue weighted by atomic mass is 16.3. The topological polar surface area (TPSA) is 20.2 Å².